The molecule has 0 bridgehead atoms. The molecule has 2 amide bonds. The number of ether oxygens (including phenoxy) is 1. The second-order valence-electron chi connectivity index (χ2n) is 7.67. The van der Waals surface area contributed by atoms with Gasteiger partial charge in [-0.25, -0.2) is 4.21 Å². The summed E-state index contributed by atoms with van der Waals surface area (Å²) in [5, 5.41) is 6.08. The molecule has 0 aromatic rings. The summed E-state index contributed by atoms with van der Waals surface area (Å²) in [6.07, 6.45) is 2.07. The maximum Gasteiger partial charge on any atom is 0.235 e. The first-order valence-corrected chi connectivity index (χ1v) is 10.1. The molecular formula is C17H33N3O4S. The van der Waals surface area contributed by atoms with Crippen molar-refractivity contribution < 1.29 is 18.5 Å². The predicted molar refractivity (Wildman–Crippen MR) is 99.4 cm³/mol. The minimum atomic E-state index is -1.27. The molecule has 1 heterocycles. The maximum atomic E-state index is 12.1. The third-order valence-electron chi connectivity index (χ3n) is 4.23. The average molecular weight is 376 g/mol. The van der Waals surface area contributed by atoms with E-state index in [-0.39, 0.29) is 30.4 Å². The van der Waals surface area contributed by atoms with Gasteiger partial charge in [0.1, 0.15) is 11.0 Å². The third kappa shape index (κ3) is 8.29. The quantitative estimate of drug-likeness (QED) is 0.562. The number of nitrogens with zero attached hydrogens (tertiary/aromatic N) is 1. The van der Waals surface area contributed by atoms with Gasteiger partial charge in [-0.1, -0.05) is 0 Å². The van der Waals surface area contributed by atoms with Gasteiger partial charge in [-0.3, -0.25) is 13.9 Å². The van der Waals surface area contributed by atoms with Crippen molar-refractivity contribution in [1.82, 2.24) is 14.9 Å². The van der Waals surface area contributed by atoms with E-state index in [2.05, 4.69) is 24.5 Å². The topological polar surface area (TPSA) is 87.7 Å². The van der Waals surface area contributed by atoms with Crippen molar-refractivity contribution in [1.29, 1.82) is 0 Å². The van der Waals surface area contributed by atoms with E-state index in [0.29, 0.717) is 25.2 Å². The first kappa shape index (κ1) is 22.1. The summed E-state index contributed by atoms with van der Waals surface area (Å²) in [7, 11) is 0.647. The van der Waals surface area contributed by atoms with Gasteiger partial charge < -0.3 is 15.4 Å². The van der Waals surface area contributed by atoms with E-state index in [0.717, 1.165) is 13.0 Å². The molecule has 1 unspecified atom stereocenters. The number of hydrogen-bond acceptors (Lipinski definition) is 5. The molecule has 1 saturated heterocycles. The molecule has 0 aliphatic carbocycles. The Morgan fingerprint density at radius 1 is 1.28 bits per heavy atom. The van der Waals surface area contributed by atoms with Crippen molar-refractivity contribution in [2.24, 2.45) is 0 Å². The lowest BCUT2D eigenvalue weighted by Gasteiger charge is -2.30. The Bertz CT molecular complexity index is 478. The van der Waals surface area contributed by atoms with Crippen LogP contribution in [0.5, 0.6) is 0 Å². The fraction of sp³-hybridized carbons (Fsp3) is 0.882. The lowest BCUT2D eigenvalue weighted by Crippen LogP contribution is -2.45. The average Bonchev–Trinajstić information content (AvgIpc) is 2.81. The van der Waals surface area contributed by atoms with Gasteiger partial charge in [0, 0.05) is 31.5 Å². The van der Waals surface area contributed by atoms with E-state index in [4.69, 9.17) is 4.74 Å². The zero-order chi connectivity index (χ0) is 19.1. The molecule has 8 heteroatoms. The molecule has 0 saturated carbocycles. The van der Waals surface area contributed by atoms with Crippen LogP contribution in [0.15, 0.2) is 0 Å². The van der Waals surface area contributed by atoms with Gasteiger partial charge in [0.2, 0.25) is 11.8 Å². The summed E-state index contributed by atoms with van der Waals surface area (Å²) in [4.78, 5) is 23.7. The summed E-state index contributed by atoms with van der Waals surface area (Å²) in [6, 6.07) is 0. The number of amides is 2. The van der Waals surface area contributed by atoms with E-state index in [9.17, 15) is 13.8 Å². The number of rotatable bonds is 11. The van der Waals surface area contributed by atoms with Crippen LogP contribution in [0.25, 0.3) is 0 Å². The van der Waals surface area contributed by atoms with Crippen molar-refractivity contribution in [3.8, 4) is 0 Å². The normalized spacial score (nSPS) is 18.7. The molecular weight excluding hydrogens is 342 g/mol. The SMILES string of the molecule is CNCCC(C)(C)OCCC(C)(C)NC(=O)CCN1C(=O)CCS1=O. The summed E-state index contributed by atoms with van der Waals surface area (Å²) in [5.74, 6) is 0.0887. The van der Waals surface area contributed by atoms with E-state index >= 15 is 0 Å². The van der Waals surface area contributed by atoms with Crippen molar-refractivity contribution in [3.63, 3.8) is 0 Å². The molecule has 2 N–H and O–H groups in total. The highest BCUT2D eigenvalue weighted by molar-refractivity contribution is 7.83. The van der Waals surface area contributed by atoms with Crippen LogP contribution in [-0.2, 0) is 25.3 Å². The van der Waals surface area contributed by atoms with Crippen LogP contribution in [0.1, 0.15) is 53.4 Å². The highest BCUT2D eigenvalue weighted by atomic mass is 32.2. The van der Waals surface area contributed by atoms with Gasteiger partial charge in [-0.15, -0.1) is 0 Å². The van der Waals surface area contributed by atoms with Crippen LogP contribution in [0.2, 0.25) is 0 Å². The van der Waals surface area contributed by atoms with Crippen LogP contribution >= 0.6 is 0 Å². The van der Waals surface area contributed by atoms with Gasteiger partial charge in [0.25, 0.3) is 0 Å². The largest absolute Gasteiger partial charge is 0.375 e. The van der Waals surface area contributed by atoms with Crippen LogP contribution in [0.3, 0.4) is 0 Å². The first-order valence-electron chi connectivity index (χ1n) is 8.85. The highest BCUT2D eigenvalue weighted by Crippen LogP contribution is 2.17. The van der Waals surface area contributed by atoms with Crippen molar-refractivity contribution >= 4 is 22.8 Å². The molecule has 7 nitrogen and oxygen atoms in total. The molecule has 1 aliphatic rings. The molecule has 1 rings (SSSR count). The Labute approximate surface area is 153 Å². The zero-order valence-electron chi connectivity index (χ0n) is 16.1. The second-order valence-corrected chi connectivity index (χ2v) is 9.16. The number of carbonyl (C=O) groups excluding carboxylic acids is 2. The number of hydrogen-bond donors (Lipinski definition) is 2. The second kappa shape index (κ2) is 9.64. The molecule has 0 radical (unpaired) electrons. The summed E-state index contributed by atoms with van der Waals surface area (Å²) >= 11 is 0. The Morgan fingerprint density at radius 2 is 1.96 bits per heavy atom. The molecule has 0 aromatic heterocycles. The molecule has 1 aliphatic heterocycles. The Kier molecular flexibility index (Phi) is 8.50. The van der Waals surface area contributed by atoms with Crippen LogP contribution < -0.4 is 10.6 Å². The van der Waals surface area contributed by atoms with Gasteiger partial charge in [-0.2, -0.15) is 0 Å². The summed E-state index contributed by atoms with van der Waals surface area (Å²) < 4.78 is 18.9. The minimum Gasteiger partial charge on any atom is -0.375 e. The molecule has 1 fully saturated rings. The summed E-state index contributed by atoms with van der Waals surface area (Å²) in [6.45, 7) is 9.68. The van der Waals surface area contributed by atoms with Crippen LogP contribution in [0.4, 0.5) is 0 Å². The number of carbonyl (C=O) groups is 2. The molecule has 25 heavy (non-hydrogen) atoms. The van der Waals surface area contributed by atoms with Gasteiger partial charge in [0.15, 0.2) is 0 Å². The standard InChI is InChI=1S/C17H33N3O4S/c1-16(2,9-12-24-17(3,4)8-10-18-5)19-14(21)6-11-20-15(22)7-13-25(20)23/h18H,6-13H2,1-5H3,(H,19,21). The van der Waals surface area contributed by atoms with E-state index in [1.165, 1.54) is 4.31 Å². The highest BCUT2D eigenvalue weighted by Gasteiger charge is 2.29. The van der Waals surface area contributed by atoms with Crippen molar-refractivity contribution in [2.75, 3.05) is 32.5 Å². The van der Waals surface area contributed by atoms with Crippen LogP contribution in [-0.4, -0.2) is 64.0 Å². The first-order chi connectivity index (χ1) is 11.6. The Balaban J connectivity index is 2.32. The fourth-order valence-electron chi connectivity index (χ4n) is 2.54. The molecule has 0 aromatic carbocycles. The van der Waals surface area contributed by atoms with E-state index < -0.39 is 16.5 Å². The zero-order valence-corrected chi connectivity index (χ0v) is 17.0. The third-order valence-corrected chi connectivity index (χ3v) is 5.66. The fourth-order valence-corrected chi connectivity index (χ4v) is 3.72. The molecule has 146 valence electrons. The minimum absolute atomic E-state index is 0.136. The van der Waals surface area contributed by atoms with Crippen LogP contribution in [0, 0.1) is 0 Å². The van der Waals surface area contributed by atoms with Crippen molar-refractivity contribution in [2.45, 2.75) is 64.5 Å². The maximum absolute atomic E-state index is 12.1. The lowest BCUT2D eigenvalue weighted by atomic mass is 10.00. The molecule has 1 atom stereocenters. The smallest absolute Gasteiger partial charge is 0.235 e. The van der Waals surface area contributed by atoms with E-state index in [1.807, 2.05) is 20.9 Å². The predicted octanol–water partition coefficient (Wildman–Crippen LogP) is 0.962. The van der Waals surface area contributed by atoms with Gasteiger partial charge in [0.05, 0.1) is 11.4 Å². The Hall–Kier alpha value is -0.990. The van der Waals surface area contributed by atoms with Crippen molar-refractivity contribution in [3.05, 3.63) is 0 Å². The van der Waals surface area contributed by atoms with Gasteiger partial charge >= 0.3 is 0 Å². The summed E-state index contributed by atoms with van der Waals surface area (Å²) in [5.41, 5.74) is -0.604. The van der Waals surface area contributed by atoms with Gasteiger partial charge in [-0.05, 0) is 54.1 Å². The van der Waals surface area contributed by atoms with E-state index in [1.54, 1.807) is 0 Å². The monoisotopic (exact) mass is 375 g/mol. The lowest BCUT2D eigenvalue weighted by molar-refractivity contribution is -0.126. The molecule has 0 spiro atoms. The Morgan fingerprint density at radius 3 is 2.52 bits per heavy atom. The number of nitrogens with one attached hydrogen (secondary N) is 2.